The van der Waals surface area contributed by atoms with Crippen molar-refractivity contribution < 1.29 is 72.1 Å². The Bertz CT molecular complexity index is 1240. The van der Waals surface area contributed by atoms with Gasteiger partial charge in [-0.3, -0.25) is 28.2 Å². The van der Waals surface area contributed by atoms with Crippen molar-refractivity contribution in [3.63, 3.8) is 0 Å². The van der Waals surface area contributed by atoms with Crippen molar-refractivity contribution in [3.8, 4) is 0 Å². The number of aliphatic hydroxyl groups is 5. The van der Waals surface area contributed by atoms with E-state index in [1.165, 1.54) is 0 Å². The molecule has 1 amide bonds. The topological polar surface area (TPSA) is 306 Å². The molecule has 2 saturated heterocycles. The molecular formula is C17H27N3O17P2. The molecule has 222 valence electrons. The van der Waals surface area contributed by atoms with Crippen molar-refractivity contribution in [2.24, 2.45) is 0 Å². The summed E-state index contributed by atoms with van der Waals surface area (Å²) in [5.74, 6) is -0.796. The minimum atomic E-state index is -5.63. The molecule has 11 atom stereocenters. The highest BCUT2D eigenvalue weighted by molar-refractivity contribution is 7.61. The minimum Gasteiger partial charge on any atom is -0.394 e. The first-order valence-corrected chi connectivity index (χ1v) is 14.0. The van der Waals surface area contributed by atoms with Crippen molar-refractivity contribution in [2.75, 3.05) is 13.2 Å². The predicted molar refractivity (Wildman–Crippen MR) is 120 cm³/mol. The van der Waals surface area contributed by atoms with E-state index < -0.39 is 101 Å². The number of nitrogens with zero attached hydrogens (tertiary/aromatic N) is 1. The Morgan fingerprint density at radius 1 is 1.05 bits per heavy atom. The van der Waals surface area contributed by atoms with E-state index in [0.29, 0.717) is 0 Å². The van der Waals surface area contributed by atoms with E-state index in [-0.39, 0.29) is 0 Å². The average molecular weight is 607 g/mol. The maximum absolute atomic E-state index is 12.4. The largest absolute Gasteiger partial charge is 0.483 e. The van der Waals surface area contributed by atoms with Crippen LogP contribution in [0, 0.1) is 0 Å². The molecule has 0 radical (unpaired) electrons. The van der Waals surface area contributed by atoms with E-state index in [1.807, 2.05) is 4.98 Å². The molecule has 3 heterocycles. The highest BCUT2D eigenvalue weighted by Crippen LogP contribution is 2.61. The van der Waals surface area contributed by atoms with Crippen LogP contribution < -0.4 is 16.6 Å². The van der Waals surface area contributed by atoms with Gasteiger partial charge in [-0.1, -0.05) is 0 Å². The number of ether oxygens (including phenoxy) is 2. The van der Waals surface area contributed by atoms with Gasteiger partial charge in [-0.25, -0.2) is 13.9 Å². The van der Waals surface area contributed by atoms with Crippen LogP contribution in [0.1, 0.15) is 13.2 Å². The highest BCUT2D eigenvalue weighted by atomic mass is 31.3. The van der Waals surface area contributed by atoms with E-state index in [0.717, 1.165) is 23.8 Å². The fraction of sp³-hybridized carbons (Fsp3) is 0.706. The zero-order valence-corrected chi connectivity index (χ0v) is 21.6. The Hall–Kier alpha value is -1.87. The number of H-pyrrole nitrogens is 1. The lowest BCUT2D eigenvalue weighted by atomic mass is 9.97. The number of nitrogens with one attached hydrogen (secondary N) is 2. The summed E-state index contributed by atoms with van der Waals surface area (Å²) in [6.45, 7) is -0.940. The summed E-state index contributed by atoms with van der Waals surface area (Å²) >= 11 is 0. The number of phosphoric acid groups is 2. The molecule has 2 aliphatic rings. The van der Waals surface area contributed by atoms with Gasteiger partial charge in [-0.15, -0.1) is 0 Å². The molecular weight excluding hydrogens is 580 g/mol. The number of aliphatic hydroxyl groups excluding tert-OH is 5. The molecule has 2 fully saturated rings. The summed E-state index contributed by atoms with van der Waals surface area (Å²) in [4.78, 5) is 56.4. The standard InChI is InChI=1S/C17H27N3O17P2/c1-6(22)18-10-13(26)11(24)7(4-21)35-16(10)36-39(31,32)37-38(29,30)33-5-8-12(25)14(27)15(34-8)20-3-2-9(23)19-17(20)28/h2-3,7-8,10-16,21,24-27H,4-5H2,1H3,(H,18,22)(H,29,30)(H,31,32)(H,19,23,28)/t7-,8-,10-,11-,12-,13-,14-,15?,16-/m1/s1. The quantitative estimate of drug-likeness (QED) is 0.113. The molecule has 3 unspecified atom stereocenters. The fourth-order valence-electron chi connectivity index (χ4n) is 3.76. The second-order valence-corrected chi connectivity index (χ2v) is 11.4. The summed E-state index contributed by atoms with van der Waals surface area (Å²) < 4.78 is 49.2. The predicted octanol–water partition coefficient (Wildman–Crippen LogP) is -4.65. The van der Waals surface area contributed by atoms with Gasteiger partial charge in [0.25, 0.3) is 5.56 Å². The van der Waals surface area contributed by atoms with Gasteiger partial charge in [0, 0.05) is 19.2 Å². The third-order valence-corrected chi connectivity index (χ3v) is 8.16. The monoisotopic (exact) mass is 607 g/mol. The Balaban J connectivity index is 1.66. The molecule has 22 heteroatoms. The molecule has 0 aromatic carbocycles. The summed E-state index contributed by atoms with van der Waals surface area (Å²) in [5, 5.41) is 51.9. The Labute approximate surface area is 217 Å². The minimum absolute atomic E-state index is 0.723. The van der Waals surface area contributed by atoms with E-state index in [1.54, 1.807) is 0 Å². The molecule has 20 nitrogen and oxygen atoms in total. The third-order valence-electron chi connectivity index (χ3n) is 5.56. The van der Waals surface area contributed by atoms with Crippen LogP contribution in [-0.2, 0) is 36.8 Å². The number of aromatic amines is 1. The molecule has 39 heavy (non-hydrogen) atoms. The first-order valence-electron chi connectivity index (χ1n) is 11.0. The van der Waals surface area contributed by atoms with Gasteiger partial charge < -0.3 is 50.1 Å². The summed E-state index contributed by atoms with van der Waals surface area (Å²) in [7, 11) is -11.1. The van der Waals surface area contributed by atoms with Gasteiger partial charge in [0.15, 0.2) is 12.5 Å². The highest BCUT2D eigenvalue weighted by Gasteiger charge is 2.50. The lowest BCUT2D eigenvalue weighted by Crippen LogP contribution is -2.64. The van der Waals surface area contributed by atoms with E-state index in [4.69, 9.17) is 9.47 Å². The Morgan fingerprint density at radius 3 is 2.28 bits per heavy atom. The first-order chi connectivity index (χ1) is 18.0. The molecule has 0 aliphatic carbocycles. The van der Waals surface area contributed by atoms with Gasteiger partial charge in [0.1, 0.15) is 42.7 Å². The second kappa shape index (κ2) is 12.3. The molecule has 1 aromatic heterocycles. The van der Waals surface area contributed by atoms with E-state index in [9.17, 15) is 58.8 Å². The number of phosphoric ester groups is 2. The lowest BCUT2D eigenvalue weighted by Gasteiger charge is -2.42. The summed E-state index contributed by atoms with van der Waals surface area (Å²) in [6, 6.07) is -0.766. The Kier molecular flexibility index (Phi) is 10.0. The van der Waals surface area contributed by atoms with Gasteiger partial charge in [0.05, 0.1) is 13.2 Å². The zero-order chi connectivity index (χ0) is 29.3. The van der Waals surface area contributed by atoms with E-state index in [2.05, 4.69) is 18.7 Å². The molecule has 9 N–H and O–H groups in total. The first kappa shape index (κ1) is 31.7. The molecule has 0 spiro atoms. The number of rotatable bonds is 10. The van der Waals surface area contributed by atoms with Crippen LogP contribution in [0.3, 0.4) is 0 Å². The van der Waals surface area contributed by atoms with Crippen LogP contribution in [0.4, 0.5) is 0 Å². The SMILES string of the molecule is CC(=O)N[C@H]1[C@@H](OP(=O)(O)OP(=O)(O)OC[C@H]2OC(n3ccc(=O)[nH]c3=O)[C@H](O)[C@@H]2O)O[C@H](CO)[C@@H](O)[C@@H]1O. The number of aromatic nitrogens is 2. The Morgan fingerprint density at radius 2 is 1.69 bits per heavy atom. The second-order valence-electron chi connectivity index (χ2n) is 8.42. The summed E-state index contributed by atoms with van der Waals surface area (Å²) in [6.07, 6.45) is -13.0. The van der Waals surface area contributed by atoms with Gasteiger partial charge in [-0.2, -0.15) is 4.31 Å². The maximum atomic E-state index is 12.4. The third kappa shape index (κ3) is 7.66. The molecule has 3 rings (SSSR count). The van der Waals surface area contributed by atoms with Crippen LogP contribution in [0.2, 0.25) is 0 Å². The average Bonchev–Trinajstić information content (AvgIpc) is 3.10. The number of hydrogen-bond donors (Lipinski definition) is 9. The molecule has 0 saturated carbocycles. The van der Waals surface area contributed by atoms with Crippen LogP contribution in [0.5, 0.6) is 0 Å². The van der Waals surface area contributed by atoms with Crippen LogP contribution in [-0.4, -0.2) is 113 Å². The number of hydrogen-bond acceptors (Lipinski definition) is 15. The van der Waals surface area contributed by atoms with Gasteiger partial charge in [-0.05, 0) is 0 Å². The number of carbonyl (C=O) groups is 1. The maximum Gasteiger partial charge on any atom is 0.483 e. The van der Waals surface area contributed by atoms with E-state index >= 15 is 0 Å². The zero-order valence-electron chi connectivity index (χ0n) is 19.8. The molecule has 0 bridgehead atoms. The fourth-order valence-corrected chi connectivity index (χ4v) is 5.92. The number of amides is 1. The van der Waals surface area contributed by atoms with Crippen molar-refractivity contribution in [3.05, 3.63) is 33.1 Å². The van der Waals surface area contributed by atoms with Crippen molar-refractivity contribution >= 4 is 21.6 Å². The van der Waals surface area contributed by atoms with Crippen LogP contribution in [0.15, 0.2) is 21.9 Å². The van der Waals surface area contributed by atoms with Gasteiger partial charge >= 0.3 is 21.3 Å². The lowest BCUT2D eigenvalue weighted by molar-refractivity contribution is -0.247. The molecule has 1 aromatic rings. The number of carbonyl (C=O) groups excluding carboxylic acids is 1. The van der Waals surface area contributed by atoms with Crippen molar-refractivity contribution in [1.29, 1.82) is 0 Å². The van der Waals surface area contributed by atoms with Crippen molar-refractivity contribution in [2.45, 2.75) is 62.1 Å². The normalized spacial score (nSPS) is 36.2. The van der Waals surface area contributed by atoms with Crippen LogP contribution in [0.25, 0.3) is 0 Å². The van der Waals surface area contributed by atoms with Crippen LogP contribution >= 0.6 is 15.6 Å². The smallest absolute Gasteiger partial charge is 0.394 e. The molecule has 2 aliphatic heterocycles. The van der Waals surface area contributed by atoms with Crippen molar-refractivity contribution in [1.82, 2.24) is 14.9 Å². The van der Waals surface area contributed by atoms with Gasteiger partial charge in [0.2, 0.25) is 5.91 Å². The summed E-state index contributed by atoms with van der Waals surface area (Å²) in [5.41, 5.74) is -1.75.